The summed E-state index contributed by atoms with van der Waals surface area (Å²) in [5.74, 6) is -2.70. The van der Waals surface area contributed by atoms with Crippen LogP contribution in [0.25, 0.3) is 0 Å². The molecule has 0 aromatic heterocycles. The second kappa shape index (κ2) is 12.6. The largest absolute Gasteiger partial charge is 0.354 e. The lowest BCUT2D eigenvalue weighted by Gasteiger charge is -2.32. The topological polar surface area (TPSA) is 86.8 Å². The van der Waals surface area contributed by atoms with Gasteiger partial charge in [0.2, 0.25) is 11.8 Å². The first kappa shape index (κ1) is 28.8. The van der Waals surface area contributed by atoms with Gasteiger partial charge in [-0.25, -0.2) is 17.2 Å². The molecule has 0 radical (unpaired) electrons. The lowest BCUT2D eigenvalue weighted by molar-refractivity contribution is -0.139. The van der Waals surface area contributed by atoms with Gasteiger partial charge in [-0.15, -0.1) is 0 Å². The summed E-state index contributed by atoms with van der Waals surface area (Å²) in [6, 6.07) is 15.9. The smallest absolute Gasteiger partial charge is 0.264 e. The second-order valence-electron chi connectivity index (χ2n) is 8.86. The summed E-state index contributed by atoms with van der Waals surface area (Å²) >= 11 is 0. The van der Waals surface area contributed by atoms with Crippen LogP contribution in [0.4, 0.5) is 14.5 Å². The number of carbonyl (C=O) groups is 2. The van der Waals surface area contributed by atoms with Crippen molar-refractivity contribution in [2.24, 2.45) is 0 Å². The van der Waals surface area contributed by atoms with Crippen LogP contribution in [-0.2, 0) is 26.2 Å². The van der Waals surface area contributed by atoms with Gasteiger partial charge < -0.3 is 10.2 Å². The van der Waals surface area contributed by atoms with E-state index in [0.29, 0.717) is 17.3 Å². The molecule has 0 fully saturated rings. The zero-order valence-corrected chi connectivity index (χ0v) is 22.3. The van der Waals surface area contributed by atoms with Crippen molar-refractivity contribution in [2.75, 3.05) is 17.4 Å². The molecular formula is C28H31F2N3O4S. The Hall–Kier alpha value is -3.79. The van der Waals surface area contributed by atoms with Gasteiger partial charge in [0.1, 0.15) is 24.2 Å². The number of rotatable bonds is 11. The van der Waals surface area contributed by atoms with Gasteiger partial charge in [0, 0.05) is 18.7 Å². The number of para-hydroxylation sites is 1. The average molecular weight is 544 g/mol. The van der Waals surface area contributed by atoms with Crippen molar-refractivity contribution in [1.29, 1.82) is 0 Å². The number of amides is 2. The molecule has 1 atom stereocenters. The second-order valence-corrected chi connectivity index (χ2v) is 10.7. The van der Waals surface area contributed by atoms with Crippen molar-refractivity contribution in [3.05, 3.63) is 95.6 Å². The molecule has 0 aliphatic rings. The highest BCUT2D eigenvalue weighted by molar-refractivity contribution is 7.92. The van der Waals surface area contributed by atoms with Crippen LogP contribution in [0.3, 0.4) is 0 Å². The molecule has 38 heavy (non-hydrogen) atoms. The van der Waals surface area contributed by atoms with E-state index < -0.39 is 46.1 Å². The summed E-state index contributed by atoms with van der Waals surface area (Å²) < 4.78 is 57.4. The Bertz CT molecular complexity index is 1380. The molecule has 0 saturated heterocycles. The third kappa shape index (κ3) is 6.74. The fourth-order valence-corrected chi connectivity index (χ4v) is 5.22. The molecule has 3 aromatic rings. The Morgan fingerprint density at radius 2 is 1.53 bits per heavy atom. The number of halogens is 2. The highest BCUT2D eigenvalue weighted by atomic mass is 32.2. The molecule has 1 N–H and O–H groups in total. The Balaban J connectivity index is 2.04. The van der Waals surface area contributed by atoms with Gasteiger partial charge in [0.25, 0.3) is 10.0 Å². The Kier molecular flexibility index (Phi) is 9.57. The quantitative estimate of drug-likeness (QED) is 0.388. The fraction of sp³-hybridized carbons (Fsp3) is 0.286. The number of anilines is 1. The van der Waals surface area contributed by atoms with Gasteiger partial charge in [-0.1, -0.05) is 55.0 Å². The molecule has 0 aliphatic carbocycles. The number of carbonyl (C=O) groups excluding carboxylic acids is 2. The molecule has 0 unspecified atom stereocenters. The summed E-state index contributed by atoms with van der Waals surface area (Å²) in [6.07, 6.45) is 0.662. The molecule has 0 bridgehead atoms. The normalized spacial score (nSPS) is 12.0. The van der Waals surface area contributed by atoms with E-state index in [2.05, 4.69) is 5.32 Å². The molecule has 202 valence electrons. The first-order valence-electron chi connectivity index (χ1n) is 12.2. The zero-order chi connectivity index (χ0) is 27.9. The third-order valence-corrected chi connectivity index (χ3v) is 7.80. The fourth-order valence-electron chi connectivity index (χ4n) is 3.79. The van der Waals surface area contributed by atoms with Crippen LogP contribution in [0, 0.1) is 18.6 Å². The Morgan fingerprint density at radius 1 is 0.921 bits per heavy atom. The maximum absolute atomic E-state index is 14.9. The summed E-state index contributed by atoms with van der Waals surface area (Å²) in [4.78, 5) is 27.5. The molecule has 0 heterocycles. The van der Waals surface area contributed by atoms with Gasteiger partial charge in [-0.3, -0.25) is 13.9 Å². The van der Waals surface area contributed by atoms with Crippen molar-refractivity contribution in [1.82, 2.24) is 10.2 Å². The Morgan fingerprint density at radius 3 is 2.13 bits per heavy atom. The van der Waals surface area contributed by atoms with Gasteiger partial charge in [-0.05, 0) is 50.6 Å². The third-order valence-electron chi connectivity index (χ3n) is 6.02. The summed E-state index contributed by atoms with van der Waals surface area (Å²) in [6.45, 7) is 4.41. The molecule has 0 spiro atoms. The van der Waals surface area contributed by atoms with E-state index >= 15 is 0 Å². The number of benzene rings is 3. The van der Waals surface area contributed by atoms with Gasteiger partial charge in [0.05, 0.1) is 10.6 Å². The monoisotopic (exact) mass is 543 g/mol. The van der Waals surface area contributed by atoms with Gasteiger partial charge >= 0.3 is 0 Å². The van der Waals surface area contributed by atoms with Crippen LogP contribution in [0.15, 0.2) is 77.7 Å². The van der Waals surface area contributed by atoms with Crippen LogP contribution >= 0.6 is 0 Å². The lowest BCUT2D eigenvalue weighted by atomic mass is 10.1. The number of hydrogen-bond acceptors (Lipinski definition) is 4. The highest BCUT2D eigenvalue weighted by Gasteiger charge is 2.33. The molecule has 2 amide bonds. The Labute approximate surface area is 222 Å². The van der Waals surface area contributed by atoms with E-state index in [0.717, 1.165) is 16.5 Å². The maximum atomic E-state index is 14.9. The van der Waals surface area contributed by atoms with E-state index in [1.165, 1.54) is 55.5 Å². The average Bonchev–Trinajstić information content (AvgIpc) is 2.90. The van der Waals surface area contributed by atoms with Crippen molar-refractivity contribution >= 4 is 27.5 Å². The zero-order valence-electron chi connectivity index (χ0n) is 21.5. The van der Waals surface area contributed by atoms with Crippen LogP contribution in [0.1, 0.15) is 31.4 Å². The number of sulfonamides is 1. The van der Waals surface area contributed by atoms with Crippen molar-refractivity contribution in [3.8, 4) is 0 Å². The molecule has 0 aliphatic heterocycles. The maximum Gasteiger partial charge on any atom is 0.264 e. The summed E-state index contributed by atoms with van der Waals surface area (Å²) in [5, 5.41) is 2.70. The van der Waals surface area contributed by atoms with Gasteiger partial charge in [-0.2, -0.15) is 0 Å². The van der Waals surface area contributed by atoms with E-state index in [4.69, 9.17) is 0 Å². The minimum atomic E-state index is -4.39. The molecule has 0 saturated carbocycles. The SMILES string of the molecule is CCCNC(=O)[C@H](C)N(Cc1ccccc1F)C(=O)CN(c1ccccc1F)S(=O)(=O)c1ccc(C)cc1. The molecule has 10 heteroatoms. The summed E-state index contributed by atoms with van der Waals surface area (Å²) in [7, 11) is -4.39. The van der Waals surface area contributed by atoms with Crippen LogP contribution < -0.4 is 9.62 Å². The van der Waals surface area contributed by atoms with E-state index in [1.807, 2.05) is 6.92 Å². The van der Waals surface area contributed by atoms with Crippen molar-refractivity contribution in [2.45, 2.75) is 44.7 Å². The lowest BCUT2D eigenvalue weighted by Crippen LogP contribution is -2.51. The van der Waals surface area contributed by atoms with E-state index in [-0.39, 0.29) is 22.7 Å². The number of nitrogens with one attached hydrogen (secondary N) is 1. The molecule has 3 rings (SSSR count). The standard InChI is InChI=1S/C28H31F2N3O4S/c1-4-17-31-28(35)21(3)32(18-22-9-5-6-10-24(22)29)27(34)19-33(26-12-8-7-11-25(26)30)38(36,37)23-15-13-20(2)14-16-23/h5-16,21H,4,17-19H2,1-3H3,(H,31,35)/t21-/m0/s1. The van der Waals surface area contributed by atoms with Crippen molar-refractivity contribution in [3.63, 3.8) is 0 Å². The van der Waals surface area contributed by atoms with Gasteiger partial charge in [0.15, 0.2) is 0 Å². The molecule has 7 nitrogen and oxygen atoms in total. The predicted octanol–water partition coefficient (Wildman–Crippen LogP) is 4.41. The molecule has 3 aromatic carbocycles. The van der Waals surface area contributed by atoms with Crippen LogP contribution in [0.2, 0.25) is 0 Å². The van der Waals surface area contributed by atoms with Crippen LogP contribution in [-0.4, -0.2) is 44.3 Å². The minimum Gasteiger partial charge on any atom is -0.354 e. The number of hydrogen-bond donors (Lipinski definition) is 1. The van der Waals surface area contributed by atoms with Crippen molar-refractivity contribution < 1.29 is 26.8 Å². The highest BCUT2D eigenvalue weighted by Crippen LogP contribution is 2.27. The molecular weight excluding hydrogens is 512 g/mol. The minimum absolute atomic E-state index is 0.131. The van der Waals surface area contributed by atoms with E-state index in [1.54, 1.807) is 25.1 Å². The first-order chi connectivity index (χ1) is 18.1. The number of aryl methyl sites for hydroxylation is 1. The number of nitrogens with zero attached hydrogens (tertiary/aromatic N) is 2. The van der Waals surface area contributed by atoms with E-state index in [9.17, 15) is 26.8 Å². The van der Waals surface area contributed by atoms with Crippen LogP contribution in [0.5, 0.6) is 0 Å². The predicted molar refractivity (Wildman–Crippen MR) is 142 cm³/mol. The summed E-state index contributed by atoms with van der Waals surface area (Å²) in [5.41, 5.74) is 0.644. The first-order valence-corrected chi connectivity index (χ1v) is 13.6.